The van der Waals surface area contributed by atoms with Gasteiger partial charge in [0.15, 0.2) is 0 Å². The molecule has 0 saturated carbocycles. The van der Waals surface area contributed by atoms with Crippen molar-refractivity contribution in [2.24, 2.45) is 10.2 Å². The van der Waals surface area contributed by atoms with Crippen LogP contribution in [0.3, 0.4) is 0 Å². The van der Waals surface area contributed by atoms with Crippen LogP contribution >= 0.6 is 23.2 Å². The van der Waals surface area contributed by atoms with Gasteiger partial charge in [-0.05, 0) is 24.3 Å². The van der Waals surface area contributed by atoms with Crippen LogP contribution in [-0.4, -0.2) is 18.0 Å². The predicted molar refractivity (Wildman–Crippen MR) is 106 cm³/mol. The van der Waals surface area contributed by atoms with Crippen molar-refractivity contribution in [3.8, 4) is 12.1 Å². The summed E-state index contributed by atoms with van der Waals surface area (Å²) in [7, 11) is 0. The van der Waals surface area contributed by atoms with Gasteiger partial charge in [0.1, 0.15) is 5.69 Å². The van der Waals surface area contributed by atoms with E-state index in [1.807, 2.05) is 17.0 Å². The number of nitriles is 2. The maximum absolute atomic E-state index is 10.8. The highest BCUT2D eigenvalue weighted by Gasteiger charge is 2.14. The summed E-state index contributed by atoms with van der Waals surface area (Å²) in [5.74, 6) is 0. The van der Waals surface area contributed by atoms with Crippen LogP contribution in [0.25, 0.3) is 0 Å². The van der Waals surface area contributed by atoms with Crippen molar-refractivity contribution in [1.29, 1.82) is 10.5 Å². The SMILES string of the molecule is N#CCCN(CCC#N)c1ccc(/N=N/c2c(Cl)cc([N+](=O)[O-])cc2Cl)cc1. The van der Waals surface area contributed by atoms with Crippen molar-refractivity contribution in [3.63, 3.8) is 0 Å². The van der Waals surface area contributed by atoms with Crippen molar-refractivity contribution < 1.29 is 4.92 Å². The van der Waals surface area contributed by atoms with Gasteiger partial charge in [0.25, 0.3) is 5.69 Å². The first-order chi connectivity index (χ1) is 13.5. The molecule has 0 heterocycles. The molecule has 0 spiro atoms. The summed E-state index contributed by atoms with van der Waals surface area (Å²) >= 11 is 12.0. The third-order valence-corrected chi connectivity index (χ3v) is 4.26. The molecule has 142 valence electrons. The molecular weight excluding hydrogens is 403 g/mol. The Balaban J connectivity index is 2.19. The fourth-order valence-corrected chi connectivity index (χ4v) is 2.88. The Labute approximate surface area is 171 Å². The summed E-state index contributed by atoms with van der Waals surface area (Å²) in [5.41, 5.74) is 1.29. The summed E-state index contributed by atoms with van der Waals surface area (Å²) in [6.45, 7) is 1.04. The molecule has 8 nitrogen and oxygen atoms in total. The maximum atomic E-state index is 10.8. The average molecular weight is 417 g/mol. The second-order valence-electron chi connectivity index (χ2n) is 5.53. The molecule has 0 amide bonds. The van der Waals surface area contributed by atoms with Crippen molar-refractivity contribution in [2.75, 3.05) is 18.0 Å². The van der Waals surface area contributed by atoms with E-state index in [0.717, 1.165) is 17.8 Å². The highest BCUT2D eigenvalue weighted by molar-refractivity contribution is 6.39. The topological polar surface area (TPSA) is 119 Å². The molecule has 0 radical (unpaired) electrons. The van der Waals surface area contributed by atoms with E-state index in [1.54, 1.807) is 12.1 Å². The monoisotopic (exact) mass is 416 g/mol. The third kappa shape index (κ3) is 5.65. The Kier molecular flexibility index (Phi) is 7.70. The molecule has 2 aromatic carbocycles. The lowest BCUT2D eigenvalue weighted by Crippen LogP contribution is -2.25. The van der Waals surface area contributed by atoms with Crippen molar-refractivity contribution in [2.45, 2.75) is 12.8 Å². The van der Waals surface area contributed by atoms with Crippen LogP contribution in [0.5, 0.6) is 0 Å². The molecular formula is C18H14Cl2N6O2. The summed E-state index contributed by atoms with van der Waals surface area (Å²) in [6.07, 6.45) is 0.702. The number of halogens is 2. The van der Waals surface area contributed by atoms with E-state index in [9.17, 15) is 10.1 Å². The fraction of sp³-hybridized carbons (Fsp3) is 0.222. The zero-order valence-electron chi connectivity index (χ0n) is 14.5. The second-order valence-corrected chi connectivity index (χ2v) is 6.35. The van der Waals surface area contributed by atoms with E-state index in [1.165, 1.54) is 0 Å². The molecule has 0 unspecified atom stereocenters. The molecule has 0 aliphatic carbocycles. The Morgan fingerprint density at radius 3 is 2.00 bits per heavy atom. The lowest BCUT2D eigenvalue weighted by atomic mass is 10.2. The molecule has 0 N–H and O–H groups in total. The number of nitro groups is 1. The van der Waals surface area contributed by atoms with E-state index >= 15 is 0 Å². The van der Waals surface area contributed by atoms with Gasteiger partial charge < -0.3 is 4.90 Å². The van der Waals surface area contributed by atoms with Crippen molar-refractivity contribution in [3.05, 3.63) is 56.6 Å². The molecule has 0 saturated heterocycles. The van der Waals surface area contributed by atoms with Gasteiger partial charge in [0, 0.05) is 30.9 Å². The van der Waals surface area contributed by atoms with Gasteiger partial charge in [-0.3, -0.25) is 10.1 Å². The second kappa shape index (κ2) is 10.2. The third-order valence-electron chi connectivity index (χ3n) is 3.68. The Bertz CT molecular complexity index is 923. The van der Waals surface area contributed by atoms with Crippen LogP contribution in [0.1, 0.15) is 12.8 Å². The zero-order valence-corrected chi connectivity index (χ0v) is 16.1. The standard InChI is InChI=1S/C18H14Cl2N6O2/c19-16-11-15(26(27)28)12-17(20)18(16)24-23-13-3-5-14(6-4-13)25(9-1-7-21)10-2-8-22/h3-6,11-12H,1-2,9-10H2/b24-23+. The number of hydrogen-bond donors (Lipinski definition) is 0. The summed E-state index contributed by atoms with van der Waals surface area (Å²) in [6, 6.07) is 13.6. The van der Waals surface area contributed by atoms with Gasteiger partial charge in [-0.1, -0.05) is 23.2 Å². The van der Waals surface area contributed by atoms with Gasteiger partial charge in [-0.15, -0.1) is 5.11 Å². The first-order valence-electron chi connectivity index (χ1n) is 8.10. The smallest absolute Gasteiger partial charge is 0.272 e. The molecule has 0 fully saturated rings. The van der Waals surface area contributed by atoms with E-state index in [-0.39, 0.29) is 21.4 Å². The Morgan fingerprint density at radius 2 is 1.54 bits per heavy atom. The molecule has 10 heteroatoms. The van der Waals surface area contributed by atoms with Crippen LogP contribution in [0.2, 0.25) is 10.0 Å². The highest BCUT2D eigenvalue weighted by Crippen LogP contribution is 2.37. The predicted octanol–water partition coefficient (Wildman–Crippen LogP) is 5.95. The largest absolute Gasteiger partial charge is 0.369 e. The number of nitro benzene ring substituents is 1. The molecule has 28 heavy (non-hydrogen) atoms. The minimum absolute atomic E-state index is 0.0266. The first-order valence-corrected chi connectivity index (χ1v) is 8.86. The minimum Gasteiger partial charge on any atom is -0.369 e. The average Bonchev–Trinajstić information content (AvgIpc) is 2.68. The summed E-state index contributed by atoms with van der Waals surface area (Å²) < 4.78 is 0. The fourth-order valence-electron chi connectivity index (χ4n) is 2.33. The number of hydrogen-bond acceptors (Lipinski definition) is 7. The molecule has 0 aliphatic rings. The number of nitrogens with zero attached hydrogens (tertiary/aromatic N) is 6. The van der Waals surface area contributed by atoms with Crippen molar-refractivity contribution in [1.82, 2.24) is 0 Å². The minimum atomic E-state index is -0.595. The van der Waals surface area contributed by atoms with Gasteiger partial charge >= 0.3 is 0 Å². The molecule has 0 aliphatic heterocycles. The normalized spacial score (nSPS) is 10.4. The number of rotatable bonds is 8. The number of azo groups is 1. The number of benzene rings is 2. The highest BCUT2D eigenvalue weighted by atomic mass is 35.5. The molecule has 2 rings (SSSR count). The molecule has 0 atom stereocenters. The van der Waals surface area contributed by atoms with Gasteiger partial charge in [-0.2, -0.15) is 15.6 Å². The zero-order chi connectivity index (χ0) is 20.5. The first kappa shape index (κ1) is 21.1. The van der Waals surface area contributed by atoms with E-state index < -0.39 is 4.92 Å². The van der Waals surface area contributed by atoms with Crippen LogP contribution in [0.4, 0.5) is 22.7 Å². The van der Waals surface area contributed by atoms with Crippen LogP contribution in [0.15, 0.2) is 46.6 Å². The number of anilines is 1. The van der Waals surface area contributed by atoms with Crippen molar-refractivity contribution >= 4 is 46.0 Å². The lowest BCUT2D eigenvalue weighted by Gasteiger charge is -2.22. The van der Waals surface area contributed by atoms with Gasteiger partial charge in [0.05, 0.1) is 45.6 Å². The van der Waals surface area contributed by atoms with Crippen LogP contribution in [0, 0.1) is 32.8 Å². The van der Waals surface area contributed by atoms with Crippen LogP contribution < -0.4 is 4.90 Å². The molecule has 0 bridgehead atoms. The summed E-state index contributed by atoms with van der Waals surface area (Å²) in [4.78, 5) is 12.2. The molecule has 0 aromatic heterocycles. The Morgan fingerprint density at radius 1 is 1.00 bits per heavy atom. The number of non-ortho nitro benzene ring substituents is 1. The maximum Gasteiger partial charge on any atom is 0.272 e. The Hall–Kier alpha value is -3.20. The van der Waals surface area contributed by atoms with Crippen LogP contribution in [-0.2, 0) is 0 Å². The van der Waals surface area contributed by atoms with E-state index in [4.69, 9.17) is 33.7 Å². The quantitative estimate of drug-likeness (QED) is 0.299. The van der Waals surface area contributed by atoms with E-state index in [2.05, 4.69) is 22.4 Å². The van der Waals surface area contributed by atoms with Gasteiger partial charge in [-0.25, -0.2) is 0 Å². The summed E-state index contributed by atoms with van der Waals surface area (Å²) in [5, 5.41) is 36.5. The molecule has 2 aromatic rings. The van der Waals surface area contributed by atoms with E-state index in [0.29, 0.717) is 31.6 Å². The lowest BCUT2D eigenvalue weighted by molar-refractivity contribution is -0.384. The van der Waals surface area contributed by atoms with Gasteiger partial charge in [0.2, 0.25) is 0 Å².